The lowest BCUT2D eigenvalue weighted by Crippen LogP contribution is -2.45. The van der Waals surface area contributed by atoms with Gasteiger partial charge < -0.3 is 10.6 Å². The van der Waals surface area contributed by atoms with Crippen LogP contribution in [0.2, 0.25) is 0 Å². The van der Waals surface area contributed by atoms with Crippen molar-refractivity contribution in [1.82, 2.24) is 4.90 Å². The Balaban J connectivity index is 2.69. The van der Waals surface area contributed by atoms with E-state index in [0.717, 1.165) is 19.4 Å². The summed E-state index contributed by atoms with van der Waals surface area (Å²) in [6.07, 6.45) is 4.58. The molecule has 0 aromatic carbocycles. The van der Waals surface area contributed by atoms with Crippen LogP contribution in [0.1, 0.15) is 46.5 Å². The molecule has 1 rings (SSSR count). The fraction of sp³-hybridized carbons (Fsp3) is 0.923. The van der Waals surface area contributed by atoms with Crippen LogP contribution >= 0.6 is 0 Å². The minimum absolute atomic E-state index is 0.182. The van der Waals surface area contributed by atoms with E-state index in [0.29, 0.717) is 24.4 Å². The molecule has 1 saturated carbocycles. The number of nitrogens with two attached hydrogens (primary N) is 1. The number of amides is 1. The Morgan fingerprint density at radius 2 is 2.00 bits per heavy atom. The van der Waals surface area contributed by atoms with Crippen LogP contribution in [-0.4, -0.2) is 29.9 Å². The van der Waals surface area contributed by atoms with Gasteiger partial charge in [0.05, 0.1) is 0 Å². The second kappa shape index (κ2) is 6.24. The number of nitrogens with zero attached hydrogens (tertiary/aromatic N) is 1. The summed E-state index contributed by atoms with van der Waals surface area (Å²) in [5.41, 5.74) is 5.78. The molecule has 2 N–H and O–H groups in total. The summed E-state index contributed by atoms with van der Waals surface area (Å²) in [7, 11) is 0. The first-order valence-electron chi connectivity index (χ1n) is 6.62. The first-order valence-corrected chi connectivity index (χ1v) is 6.62. The molecule has 0 saturated heterocycles. The lowest BCUT2D eigenvalue weighted by Gasteiger charge is -2.35. The second-order valence-electron chi connectivity index (χ2n) is 5.10. The highest BCUT2D eigenvalue weighted by atomic mass is 16.2. The molecule has 16 heavy (non-hydrogen) atoms. The van der Waals surface area contributed by atoms with Gasteiger partial charge in [-0.2, -0.15) is 0 Å². The van der Waals surface area contributed by atoms with Crippen LogP contribution in [-0.2, 0) is 4.79 Å². The summed E-state index contributed by atoms with van der Waals surface area (Å²) in [6, 6.07) is 0.304. The lowest BCUT2D eigenvalue weighted by molar-refractivity contribution is -0.139. The highest BCUT2D eigenvalue weighted by molar-refractivity contribution is 5.79. The van der Waals surface area contributed by atoms with Gasteiger partial charge in [-0.25, -0.2) is 0 Å². The summed E-state index contributed by atoms with van der Waals surface area (Å²) in [5.74, 6) is 0.919. The van der Waals surface area contributed by atoms with Gasteiger partial charge in [0.2, 0.25) is 5.91 Å². The molecule has 0 heterocycles. The molecule has 0 aliphatic heterocycles. The quantitative estimate of drug-likeness (QED) is 0.797. The Labute approximate surface area is 99.4 Å². The van der Waals surface area contributed by atoms with Gasteiger partial charge in [0.15, 0.2) is 0 Å². The smallest absolute Gasteiger partial charge is 0.226 e. The number of carbonyl (C=O) groups excluding carboxylic acids is 1. The first kappa shape index (κ1) is 13.5. The minimum Gasteiger partial charge on any atom is -0.340 e. The molecule has 94 valence electrons. The first-order chi connectivity index (χ1) is 7.61. The average molecular weight is 226 g/mol. The largest absolute Gasteiger partial charge is 0.340 e. The van der Waals surface area contributed by atoms with E-state index in [1.165, 1.54) is 12.8 Å². The number of carbonyl (C=O) groups is 1. The third kappa shape index (κ3) is 2.97. The third-order valence-corrected chi connectivity index (χ3v) is 3.78. The predicted octanol–water partition coefficient (Wildman–Crippen LogP) is 2.01. The van der Waals surface area contributed by atoms with Crippen LogP contribution in [0.5, 0.6) is 0 Å². The maximum Gasteiger partial charge on any atom is 0.226 e. The summed E-state index contributed by atoms with van der Waals surface area (Å²) in [5, 5.41) is 0. The molecule has 3 nitrogen and oxygen atoms in total. The van der Waals surface area contributed by atoms with Gasteiger partial charge in [-0.1, -0.05) is 12.8 Å². The maximum atomic E-state index is 12.4. The molecule has 2 atom stereocenters. The van der Waals surface area contributed by atoms with E-state index in [9.17, 15) is 4.79 Å². The third-order valence-electron chi connectivity index (χ3n) is 3.78. The van der Waals surface area contributed by atoms with E-state index in [1.54, 1.807) is 0 Å². The average Bonchev–Trinajstić information content (AvgIpc) is 2.29. The van der Waals surface area contributed by atoms with E-state index >= 15 is 0 Å². The summed E-state index contributed by atoms with van der Waals surface area (Å²) in [6.45, 7) is 7.69. The molecule has 0 spiro atoms. The van der Waals surface area contributed by atoms with Gasteiger partial charge in [0.25, 0.3) is 0 Å². The van der Waals surface area contributed by atoms with E-state index < -0.39 is 0 Å². The van der Waals surface area contributed by atoms with Crippen molar-refractivity contribution in [2.75, 3.05) is 13.1 Å². The van der Waals surface area contributed by atoms with Gasteiger partial charge in [-0.3, -0.25) is 4.79 Å². The monoisotopic (exact) mass is 226 g/mol. The van der Waals surface area contributed by atoms with Crippen LogP contribution in [0.3, 0.4) is 0 Å². The number of hydrogen-bond donors (Lipinski definition) is 1. The Kier molecular flexibility index (Phi) is 5.26. The van der Waals surface area contributed by atoms with Crippen molar-refractivity contribution in [2.24, 2.45) is 17.6 Å². The van der Waals surface area contributed by atoms with Crippen LogP contribution in [0.15, 0.2) is 0 Å². The Morgan fingerprint density at radius 3 is 2.50 bits per heavy atom. The Bertz CT molecular complexity index is 228. The molecule has 1 fully saturated rings. The fourth-order valence-electron chi connectivity index (χ4n) is 2.80. The summed E-state index contributed by atoms with van der Waals surface area (Å²) < 4.78 is 0. The molecule has 0 aromatic rings. The standard InChI is InChI=1S/C13H26N2O/c1-4-15(10(2)3)13(16)12-8-6-5-7-11(12)9-14/h10-12H,4-9,14H2,1-3H3. The molecule has 1 amide bonds. The van der Waals surface area contributed by atoms with Gasteiger partial charge in [-0.05, 0) is 46.1 Å². The van der Waals surface area contributed by atoms with E-state index in [-0.39, 0.29) is 5.92 Å². The van der Waals surface area contributed by atoms with Crippen molar-refractivity contribution in [2.45, 2.75) is 52.5 Å². The van der Waals surface area contributed by atoms with Crippen LogP contribution < -0.4 is 5.73 Å². The molecular weight excluding hydrogens is 200 g/mol. The van der Waals surface area contributed by atoms with Crippen molar-refractivity contribution >= 4 is 5.91 Å². The van der Waals surface area contributed by atoms with E-state index in [1.807, 2.05) is 4.90 Å². The highest BCUT2D eigenvalue weighted by Crippen LogP contribution is 2.31. The number of hydrogen-bond acceptors (Lipinski definition) is 2. The topological polar surface area (TPSA) is 46.3 Å². The predicted molar refractivity (Wildman–Crippen MR) is 67.0 cm³/mol. The molecule has 2 unspecified atom stereocenters. The van der Waals surface area contributed by atoms with E-state index in [2.05, 4.69) is 20.8 Å². The zero-order valence-corrected chi connectivity index (χ0v) is 10.9. The van der Waals surface area contributed by atoms with Crippen LogP contribution in [0.4, 0.5) is 0 Å². The zero-order chi connectivity index (χ0) is 12.1. The molecular formula is C13H26N2O. The van der Waals surface area contributed by atoms with Crippen molar-refractivity contribution in [3.63, 3.8) is 0 Å². The van der Waals surface area contributed by atoms with Gasteiger partial charge in [0, 0.05) is 18.5 Å². The molecule has 0 aromatic heterocycles. The second-order valence-corrected chi connectivity index (χ2v) is 5.10. The number of rotatable bonds is 4. The van der Waals surface area contributed by atoms with Crippen molar-refractivity contribution in [1.29, 1.82) is 0 Å². The van der Waals surface area contributed by atoms with Crippen LogP contribution in [0.25, 0.3) is 0 Å². The molecule has 0 radical (unpaired) electrons. The summed E-state index contributed by atoms with van der Waals surface area (Å²) >= 11 is 0. The van der Waals surface area contributed by atoms with Gasteiger partial charge in [-0.15, -0.1) is 0 Å². The minimum atomic E-state index is 0.182. The molecule has 1 aliphatic rings. The maximum absolute atomic E-state index is 12.4. The van der Waals surface area contributed by atoms with Crippen molar-refractivity contribution in [3.8, 4) is 0 Å². The van der Waals surface area contributed by atoms with Crippen molar-refractivity contribution < 1.29 is 4.79 Å². The Hall–Kier alpha value is -0.570. The molecule has 1 aliphatic carbocycles. The Morgan fingerprint density at radius 1 is 1.38 bits per heavy atom. The van der Waals surface area contributed by atoms with Crippen LogP contribution in [0, 0.1) is 11.8 Å². The van der Waals surface area contributed by atoms with E-state index in [4.69, 9.17) is 5.73 Å². The molecule has 0 bridgehead atoms. The SMILES string of the molecule is CCN(C(=O)C1CCCCC1CN)C(C)C. The molecule has 3 heteroatoms. The normalized spacial score (nSPS) is 25.8. The van der Waals surface area contributed by atoms with Gasteiger partial charge in [0.1, 0.15) is 0 Å². The highest BCUT2D eigenvalue weighted by Gasteiger charge is 2.33. The fourth-order valence-corrected chi connectivity index (χ4v) is 2.80. The van der Waals surface area contributed by atoms with Crippen molar-refractivity contribution in [3.05, 3.63) is 0 Å². The zero-order valence-electron chi connectivity index (χ0n) is 10.9. The summed E-state index contributed by atoms with van der Waals surface area (Å²) in [4.78, 5) is 14.4. The van der Waals surface area contributed by atoms with Gasteiger partial charge >= 0.3 is 0 Å². The lowest BCUT2D eigenvalue weighted by atomic mass is 9.78.